The Hall–Kier alpha value is -2.22. The number of aliphatic hydroxyl groups excluding tert-OH is 1. The maximum absolute atomic E-state index is 11.6. The summed E-state index contributed by atoms with van der Waals surface area (Å²) in [5.41, 5.74) is 1.90. The number of benzene rings is 1. The molecule has 1 aliphatic heterocycles. The van der Waals surface area contributed by atoms with Gasteiger partial charge in [0.25, 0.3) is 0 Å². The molecule has 184 valence electrons. The highest BCUT2D eigenvalue weighted by Crippen LogP contribution is 2.25. The number of nitrogens with zero attached hydrogens (tertiary/aromatic N) is 1. The fraction of sp³-hybridized carbons (Fsp3) is 0.538. The van der Waals surface area contributed by atoms with Gasteiger partial charge in [0, 0.05) is 30.6 Å². The molecule has 0 bridgehead atoms. The summed E-state index contributed by atoms with van der Waals surface area (Å²) in [5.74, 6) is -0.0846. The summed E-state index contributed by atoms with van der Waals surface area (Å²) in [6, 6.07) is 11.4. The van der Waals surface area contributed by atoms with E-state index in [1.165, 1.54) is 24.9 Å². The molecule has 0 spiro atoms. The fourth-order valence-electron chi connectivity index (χ4n) is 3.36. The van der Waals surface area contributed by atoms with Crippen molar-refractivity contribution in [3.8, 4) is 0 Å². The summed E-state index contributed by atoms with van der Waals surface area (Å²) in [6.07, 6.45) is 5.43. The van der Waals surface area contributed by atoms with E-state index in [0.29, 0.717) is 17.9 Å². The highest BCUT2D eigenvalue weighted by molar-refractivity contribution is 7.13. The molecule has 1 N–H and O–H groups in total. The monoisotopic (exact) mass is 477 g/mol. The van der Waals surface area contributed by atoms with Crippen LogP contribution >= 0.6 is 11.3 Å². The number of anilines is 1. The zero-order chi connectivity index (χ0) is 24.6. The van der Waals surface area contributed by atoms with Crippen molar-refractivity contribution >= 4 is 28.9 Å². The zero-order valence-corrected chi connectivity index (χ0v) is 21.5. The van der Waals surface area contributed by atoms with E-state index in [1.807, 2.05) is 49.1 Å². The van der Waals surface area contributed by atoms with Crippen LogP contribution in [0.15, 0.2) is 36.4 Å². The van der Waals surface area contributed by atoms with Gasteiger partial charge in [-0.25, -0.2) is 4.79 Å². The van der Waals surface area contributed by atoms with Crippen molar-refractivity contribution in [2.24, 2.45) is 0 Å². The van der Waals surface area contributed by atoms with Gasteiger partial charge < -0.3 is 19.5 Å². The Labute approximate surface area is 202 Å². The smallest absolute Gasteiger partial charge is 0.348 e. The zero-order valence-electron chi connectivity index (χ0n) is 20.6. The Morgan fingerprint density at radius 2 is 1.82 bits per heavy atom. The van der Waals surface area contributed by atoms with E-state index in [-0.39, 0.29) is 18.0 Å². The van der Waals surface area contributed by atoms with Crippen LogP contribution in [0.5, 0.6) is 0 Å². The lowest BCUT2D eigenvalue weighted by Crippen LogP contribution is -2.23. The van der Waals surface area contributed by atoms with Crippen molar-refractivity contribution in [1.29, 1.82) is 0 Å². The fourth-order valence-corrected chi connectivity index (χ4v) is 4.26. The Kier molecular flexibility index (Phi) is 14.3. The normalized spacial score (nSPS) is 13.5. The van der Waals surface area contributed by atoms with Crippen LogP contribution in [0.1, 0.15) is 85.5 Å². The van der Waals surface area contributed by atoms with Crippen molar-refractivity contribution in [2.45, 2.75) is 72.0 Å². The lowest BCUT2D eigenvalue weighted by molar-refractivity contribution is -0.117. The third kappa shape index (κ3) is 9.66. The van der Waals surface area contributed by atoms with Gasteiger partial charge in [-0.3, -0.25) is 4.79 Å². The topological polar surface area (TPSA) is 76.1 Å². The molecule has 0 aliphatic carbocycles. The van der Waals surface area contributed by atoms with Gasteiger partial charge in [-0.1, -0.05) is 52.2 Å². The standard InChI is InChI=1S/C16H23NO2.C8H10O3S.C2H6/c1-2-3-4-6-15(18)13-8-10-14(11-9-13)17-12-5-7-16(17)19;1-10-5-6-3-4-7(12-6)8(9)11-2;1-2/h8-11,15,18H,2-7,12H2,1H3;3-4H,5H2,1-2H3;1-2H3. The first kappa shape index (κ1) is 28.8. The molecule has 0 saturated carbocycles. The summed E-state index contributed by atoms with van der Waals surface area (Å²) in [7, 11) is 3.00. The van der Waals surface area contributed by atoms with Crippen LogP contribution in [-0.4, -0.2) is 37.7 Å². The molecule has 1 atom stereocenters. The first-order valence-electron chi connectivity index (χ1n) is 11.7. The number of rotatable bonds is 9. The first-order valence-corrected chi connectivity index (χ1v) is 12.6. The minimum atomic E-state index is -0.380. The third-order valence-corrected chi connectivity index (χ3v) is 6.12. The van der Waals surface area contributed by atoms with E-state index in [4.69, 9.17) is 4.74 Å². The molecule has 33 heavy (non-hydrogen) atoms. The molecule has 7 heteroatoms. The van der Waals surface area contributed by atoms with E-state index in [1.54, 1.807) is 13.2 Å². The molecule has 1 amide bonds. The lowest BCUT2D eigenvalue weighted by atomic mass is 10.0. The van der Waals surface area contributed by atoms with E-state index in [2.05, 4.69) is 11.7 Å². The summed E-state index contributed by atoms with van der Waals surface area (Å²) >= 11 is 1.39. The van der Waals surface area contributed by atoms with Crippen LogP contribution in [0.3, 0.4) is 0 Å². The molecular formula is C26H39NO5S. The molecule has 1 saturated heterocycles. The average Bonchev–Trinajstić information content (AvgIpc) is 3.50. The molecule has 0 radical (unpaired) electrons. The number of carbonyl (C=O) groups is 2. The van der Waals surface area contributed by atoms with Crippen molar-refractivity contribution in [1.82, 2.24) is 0 Å². The summed E-state index contributed by atoms with van der Waals surface area (Å²) in [5, 5.41) is 10.1. The van der Waals surface area contributed by atoms with E-state index < -0.39 is 0 Å². The van der Waals surface area contributed by atoms with Gasteiger partial charge in [0.2, 0.25) is 5.91 Å². The van der Waals surface area contributed by atoms with Crippen LogP contribution in [0.25, 0.3) is 0 Å². The molecule has 1 aliphatic rings. The number of amides is 1. The van der Waals surface area contributed by atoms with Crippen LogP contribution in [0, 0.1) is 0 Å². The summed E-state index contributed by atoms with van der Waals surface area (Å²) < 4.78 is 9.47. The predicted molar refractivity (Wildman–Crippen MR) is 135 cm³/mol. The quantitative estimate of drug-likeness (QED) is 0.347. The number of thiophene rings is 1. The van der Waals surface area contributed by atoms with Crippen molar-refractivity contribution < 1.29 is 24.2 Å². The van der Waals surface area contributed by atoms with Gasteiger partial charge >= 0.3 is 5.97 Å². The van der Waals surface area contributed by atoms with Crippen molar-refractivity contribution in [3.63, 3.8) is 0 Å². The maximum Gasteiger partial charge on any atom is 0.348 e. The molecule has 6 nitrogen and oxygen atoms in total. The molecule has 1 aromatic heterocycles. The highest BCUT2D eigenvalue weighted by Gasteiger charge is 2.21. The predicted octanol–water partition coefficient (Wildman–Crippen LogP) is 6.13. The van der Waals surface area contributed by atoms with Gasteiger partial charge in [-0.2, -0.15) is 0 Å². The Morgan fingerprint density at radius 3 is 2.36 bits per heavy atom. The highest BCUT2D eigenvalue weighted by atomic mass is 32.1. The van der Waals surface area contributed by atoms with Crippen LogP contribution in [0.2, 0.25) is 0 Å². The largest absolute Gasteiger partial charge is 0.465 e. The minimum Gasteiger partial charge on any atom is -0.465 e. The van der Waals surface area contributed by atoms with E-state index in [9.17, 15) is 14.7 Å². The number of methoxy groups -OCH3 is 2. The second-order valence-electron chi connectivity index (χ2n) is 7.44. The van der Waals surface area contributed by atoms with Gasteiger partial charge in [-0.15, -0.1) is 11.3 Å². The average molecular weight is 478 g/mol. The number of hydrogen-bond acceptors (Lipinski definition) is 6. The maximum atomic E-state index is 11.6. The first-order chi connectivity index (χ1) is 16.0. The SMILES string of the molecule is CC.CCCCCC(O)c1ccc(N2CCCC2=O)cc1.COCc1ccc(C(=O)OC)s1. The molecule has 3 rings (SSSR count). The molecule has 2 aromatic rings. The number of carbonyl (C=O) groups excluding carboxylic acids is 2. The lowest BCUT2D eigenvalue weighted by Gasteiger charge is -2.17. The number of ether oxygens (including phenoxy) is 2. The number of hydrogen-bond donors (Lipinski definition) is 1. The van der Waals surface area contributed by atoms with Crippen LogP contribution in [0.4, 0.5) is 5.69 Å². The van der Waals surface area contributed by atoms with Gasteiger partial charge in [0.05, 0.1) is 19.8 Å². The van der Waals surface area contributed by atoms with Crippen LogP contribution < -0.4 is 4.90 Å². The number of aliphatic hydroxyl groups is 1. The number of esters is 1. The van der Waals surface area contributed by atoms with Crippen LogP contribution in [-0.2, 0) is 20.9 Å². The summed E-state index contributed by atoms with van der Waals surface area (Å²) in [6.45, 7) is 7.52. The number of unbranched alkanes of at least 4 members (excludes halogenated alkanes) is 2. The van der Waals surface area contributed by atoms with Gasteiger partial charge in [0.15, 0.2) is 0 Å². The molecule has 1 fully saturated rings. The third-order valence-electron chi connectivity index (χ3n) is 5.08. The van der Waals surface area contributed by atoms with Crippen molar-refractivity contribution in [3.05, 3.63) is 51.7 Å². The van der Waals surface area contributed by atoms with Gasteiger partial charge in [0.1, 0.15) is 4.88 Å². The van der Waals surface area contributed by atoms with Gasteiger partial charge in [-0.05, 0) is 42.7 Å². The Balaban J connectivity index is 0.000000335. The molecular weight excluding hydrogens is 438 g/mol. The van der Waals surface area contributed by atoms with E-state index in [0.717, 1.165) is 48.4 Å². The van der Waals surface area contributed by atoms with Crippen molar-refractivity contribution in [2.75, 3.05) is 25.7 Å². The van der Waals surface area contributed by atoms with E-state index >= 15 is 0 Å². The Morgan fingerprint density at radius 1 is 1.12 bits per heavy atom. The second-order valence-corrected chi connectivity index (χ2v) is 8.61. The Bertz CT molecular complexity index is 818. The summed E-state index contributed by atoms with van der Waals surface area (Å²) in [4.78, 5) is 26.1. The molecule has 1 aromatic carbocycles. The second kappa shape index (κ2) is 16.4. The molecule has 2 heterocycles. The molecule has 1 unspecified atom stereocenters. The minimum absolute atomic E-state index is 0.205.